The van der Waals surface area contributed by atoms with Gasteiger partial charge >= 0.3 is 5.97 Å². The van der Waals surface area contributed by atoms with E-state index in [2.05, 4.69) is 0 Å². The molecule has 2 fully saturated rings. The molecule has 2 aliphatic rings. The monoisotopic (exact) mass is 225 g/mol. The molecule has 2 saturated carbocycles. The Morgan fingerprint density at radius 3 is 2.31 bits per heavy atom. The number of amides is 1. The van der Waals surface area contributed by atoms with E-state index < -0.39 is 11.4 Å². The van der Waals surface area contributed by atoms with E-state index in [1.54, 1.807) is 4.90 Å². The third-order valence-corrected chi connectivity index (χ3v) is 3.87. The van der Waals surface area contributed by atoms with E-state index >= 15 is 0 Å². The molecule has 0 bridgehead atoms. The standard InChI is InChI=1S/C12H19NO3/c1-2-13(8-9-4-5-9)10(14)12(11(15)16)6-3-7-12/h9H,2-8H2,1H3,(H,15,16). The Labute approximate surface area is 95.6 Å². The van der Waals surface area contributed by atoms with Gasteiger partial charge in [-0.15, -0.1) is 0 Å². The molecule has 0 radical (unpaired) electrons. The van der Waals surface area contributed by atoms with E-state index in [4.69, 9.17) is 0 Å². The van der Waals surface area contributed by atoms with Crippen LogP contribution in [0.2, 0.25) is 0 Å². The number of carbonyl (C=O) groups excluding carboxylic acids is 1. The Hall–Kier alpha value is -1.06. The summed E-state index contributed by atoms with van der Waals surface area (Å²) in [5.74, 6) is -0.464. The van der Waals surface area contributed by atoms with Crippen molar-refractivity contribution in [2.75, 3.05) is 13.1 Å². The molecular formula is C12H19NO3. The molecule has 0 aromatic rings. The van der Waals surface area contributed by atoms with E-state index in [1.165, 1.54) is 12.8 Å². The topological polar surface area (TPSA) is 57.6 Å². The molecule has 16 heavy (non-hydrogen) atoms. The van der Waals surface area contributed by atoms with Gasteiger partial charge in [0.1, 0.15) is 5.41 Å². The molecule has 2 aliphatic carbocycles. The number of carboxylic acid groups (broad SMARTS) is 1. The highest BCUT2D eigenvalue weighted by Gasteiger charge is 2.53. The largest absolute Gasteiger partial charge is 0.480 e. The molecule has 0 aliphatic heterocycles. The van der Waals surface area contributed by atoms with E-state index in [0.29, 0.717) is 25.3 Å². The van der Waals surface area contributed by atoms with Gasteiger partial charge in [-0.1, -0.05) is 6.42 Å². The second-order valence-corrected chi connectivity index (χ2v) is 5.03. The van der Waals surface area contributed by atoms with E-state index in [1.807, 2.05) is 6.92 Å². The zero-order chi connectivity index (χ0) is 11.8. The van der Waals surface area contributed by atoms with E-state index in [0.717, 1.165) is 13.0 Å². The summed E-state index contributed by atoms with van der Waals surface area (Å²) in [5, 5.41) is 9.20. The SMILES string of the molecule is CCN(CC1CC1)C(=O)C1(C(=O)O)CCC1. The Balaban J connectivity index is 2.05. The molecule has 0 spiro atoms. The van der Waals surface area contributed by atoms with Gasteiger partial charge in [-0.2, -0.15) is 0 Å². The van der Waals surface area contributed by atoms with Crippen LogP contribution in [0.25, 0.3) is 0 Å². The van der Waals surface area contributed by atoms with Gasteiger partial charge in [0.2, 0.25) is 5.91 Å². The van der Waals surface area contributed by atoms with Gasteiger partial charge in [0.25, 0.3) is 0 Å². The summed E-state index contributed by atoms with van der Waals surface area (Å²) < 4.78 is 0. The van der Waals surface area contributed by atoms with Crippen molar-refractivity contribution in [3.8, 4) is 0 Å². The van der Waals surface area contributed by atoms with Crippen LogP contribution in [0, 0.1) is 11.3 Å². The van der Waals surface area contributed by atoms with Gasteiger partial charge in [0.05, 0.1) is 0 Å². The van der Waals surface area contributed by atoms with Gasteiger partial charge < -0.3 is 10.0 Å². The normalized spacial score (nSPS) is 22.3. The third-order valence-electron chi connectivity index (χ3n) is 3.87. The Kier molecular flexibility index (Phi) is 2.91. The fraction of sp³-hybridized carbons (Fsp3) is 0.833. The zero-order valence-electron chi connectivity index (χ0n) is 9.74. The summed E-state index contributed by atoms with van der Waals surface area (Å²) in [6, 6.07) is 0. The first-order chi connectivity index (χ1) is 7.60. The van der Waals surface area contributed by atoms with Crippen molar-refractivity contribution in [3.05, 3.63) is 0 Å². The smallest absolute Gasteiger partial charge is 0.319 e. The first-order valence-electron chi connectivity index (χ1n) is 6.13. The van der Waals surface area contributed by atoms with Crippen molar-refractivity contribution in [2.24, 2.45) is 11.3 Å². The average Bonchev–Trinajstić information content (AvgIpc) is 2.94. The lowest BCUT2D eigenvalue weighted by molar-refractivity contribution is -0.167. The molecule has 0 saturated heterocycles. The van der Waals surface area contributed by atoms with Crippen LogP contribution < -0.4 is 0 Å². The van der Waals surface area contributed by atoms with Crippen molar-refractivity contribution in [1.29, 1.82) is 0 Å². The van der Waals surface area contributed by atoms with Crippen LogP contribution in [0.15, 0.2) is 0 Å². The Bertz CT molecular complexity index is 305. The Morgan fingerprint density at radius 1 is 1.38 bits per heavy atom. The quantitative estimate of drug-likeness (QED) is 0.721. The van der Waals surface area contributed by atoms with E-state index in [-0.39, 0.29) is 5.91 Å². The minimum absolute atomic E-state index is 0.152. The number of hydrogen-bond donors (Lipinski definition) is 1. The van der Waals surface area contributed by atoms with Crippen molar-refractivity contribution in [3.63, 3.8) is 0 Å². The fourth-order valence-electron chi connectivity index (χ4n) is 2.32. The van der Waals surface area contributed by atoms with Crippen molar-refractivity contribution < 1.29 is 14.7 Å². The van der Waals surface area contributed by atoms with Crippen molar-refractivity contribution >= 4 is 11.9 Å². The summed E-state index contributed by atoms with van der Waals surface area (Å²) in [6.45, 7) is 3.31. The molecule has 0 aromatic carbocycles. The number of carboxylic acids is 1. The highest BCUT2D eigenvalue weighted by Crippen LogP contribution is 2.43. The lowest BCUT2D eigenvalue weighted by Gasteiger charge is -2.39. The molecule has 1 N–H and O–H groups in total. The fourth-order valence-corrected chi connectivity index (χ4v) is 2.32. The first kappa shape index (κ1) is 11.4. The molecular weight excluding hydrogens is 206 g/mol. The molecule has 4 nitrogen and oxygen atoms in total. The number of nitrogens with zero attached hydrogens (tertiary/aromatic N) is 1. The van der Waals surface area contributed by atoms with Crippen molar-refractivity contribution in [1.82, 2.24) is 4.90 Å². The highest BCUT2D eigenvalue weighted by atomic mass is 16.4. The van der Waals surface area contributed by atoms with Gasteiger partial charge in [-0.05, 0) is 38.5 Å². The number of carbonyl (C=O) groups is 2. The molecule has 4 heteroatoms. The highest BCUT2D eigenvalue weighted by molar-refractivity contribution is 6.02. The van der Waals surface area contributed by atoms with Gasteiger partial charge in [-0.3, -0.25) is 9.59 Å². The Morgan fingerprint density at radius 2 is 2.00 bits per heavy atom. The maximum atomic E-state index is 12.2. The summed E-state index contributed by atoms with van der Waals surface area (Å²) in [7, 11) is 0. The summed E-state index contributed by atoms with van der Waals surface area (Å²) in [4.78, 5) is 25.2. The molecule has 0 heterocycles. The summed E-state index contributed by atoms with van der Waals surface area (Å²) in [6.07, 6.45) is 4.26. The van der Waals surface area contributed by atoms with Crippen LogP contribution in [0.1, 0.15) is 39.0 Å². The third kappa shape index (κ3) is 1.81. The average molecular weight is 225 g/mol. The molecule has 2 rings (SSSR count). The lowest BCUT2D eigenvalue weighted by Crippen LogP contribution is -2.53. The maximum Gasteiger partial charge on any atom is 0.319 e. The second-order valence-electron chi connectivity index (χ2n) is 5.03. The second kappa shape index (κ2) is 4.07. The zero-order valence-corrected chi connectivity index (χ0v) is 9.74. The summed E-state index contributed by atoms with van der Waals surface area (Å²) >= 11 is 0. The predicted octanol–water partition coefficient (Wildman–Crippen LogP) is 1.50. The van der Waals surface area contributed by atoms with Crippen LogP contribution in [0.3, 0.4) is 0 Å². The first-order valence-corrected chi connectivity index (χ1v) is 6.13. The van der Waals surface area contributed by atoms with Crippen LogP contribution in [0.5, 0.6) is 0 Å². The van der Waals surface area contributed by atoms with Crippen LogP contribution >= 0.6 is 0 Å². The minimum Gasteiger partial charge on any atom is -0.480 e. The molecule has 0 atom stereocenters. The van der Waals surface area contributed by atoms with Crippen LogP contribution in [-0.2, 0) is 9.59 Å². The molecule has 90 valence electrons. The number of aliphatic carboxylic acids is 1. The summed E-state index contributed by atoms with van der Waals surface area (Å²) in [5.41, 5.74) is -1.08. The van der Waals surface area contributed by atoms with Gasteiger partial charge in [-0.25, -0.2) is 0 Å². The van der Waals surface area contributed by atoms with Gasteiger partial charge in [0.15, 0.2) is 0 Å². The van der Waals surface area contributed by atoms with Crippen LogP contribution in [0.4, 0.5) is 0 Å². The lowest BCUT2D eigenvalue weighted by atomic mass is 9.67. The van der Waals surface area contributed by atoms with Crippen LogP contribution in [-0.4, -0.2) is 35.0 Å². The predicted molar refractivity (Wildman–Crippen MR) is 58.9 cm³/mol. The van der Waals surface area contributed by atoms with E-state index in [9.17, 15) is 14.7 Å². The van der Waals surface area contributed by atoms with Crippen molar-refractivity contribution in [2.45, 2.75) is 39.0 Å². The number of hydrogen-bond acceptors (Lipinski definition) is 2. The minimum atomic E-state index is -1.08. The number of rotatable bonds is 5. The maximum absolute atomic E-state index is 12.2. The molecule has 0 unspecified atom stereocenters. The molecule has 0 aromatic heterocycles. The molecule has 1 amide bonds. The van der Waals surface area contributed by atoms with Gasteiger partial charge in [0, 0.05) is 13.1 Å².